The number of hydrogen-bond donors (Lipinski definition) is 2. The van der Waals surface area contributed by atoms with Crippen LogP contribution in [-0.4, -0.2) is 15.2 Å². The quantitative estimate of drug-likeness (QED) is 0.569. The number of phenolic OH excluding ortho intramolecular Hbond substituents is 2. The van der Waals surface area contributed by atoms with Crippen molar-refractivity contribution in [2.24, 2.45) is 0 Å². The Morgan fingerprint density at radius 2 is 1.26 bits per heavy atom. The largest absolute Gasteiger partial charge is 0.507 e. The van der Waals surface area contributed by atoms with Gasteiger partial charge in [-0.25, -0.2) is 4.98 Å². The minimum absolute atomic E-state index is 0.114. The molecule has 1 heterocycles. The van der Waals surface area contributed by atoms with Gasteiger partial charge in [0.1, 0.15) is 17.0 Å². The van der Waals surface area contributed by atoms with Crippen molar-refractivity contribution in [3.05, 3.63) is 66.7 Å². The van der Waals surface area contributed by atoms with E-state index in [1.807, 2.05) is 36.4 Å². The van der Waals surface area contributed by atoms with Crippen LogP contribution in [0, 0.1) is 0 Å². The third-order valence-electron chi connectivity index (χ3n) is 3.75. The number of fused-ring (bicyclic) bond motifs is 1. The molecule has 4 nitrogen and oxygen atoms in total. The molecule has 4 heteroatoms. The van der Waals surface area contributed by atoms with Crippen molar-refractivity contribution in [1.82, 2.24) is 4.98 Å². The van der Waals surface area contributed by atoms with Gasteiger partial charge in [-0.05, 0) is 24.3 Å². The van der Waals surface area contributed by atoms with Crippen molar-refractivity contribution in [1.29, 1.82) is 0 Å². The first-order valence-corrected chi connectivity index (χ1v) is 7.20. The average molecular weight is 303 g/mol. The van der Waals surface area contributed by atoms with Crippen LogP contribution < -0.4 is 0 Å². The Labute approximate surface area is 132 Å². The highest BCUT2D eigenvalue weighted by molar-refractivity contribution is 5.93. The van der Waals surface area contributed by atoms with E-state index in [0.29, 0.717) is 28.1 Å². The van der Waals surface area contributed by atoms with Gasteiger partial charge in [-0.3, -0.25) is 0 Å². The van der Waals surface area contributed by atoms with Crippen LogP contribution in [0.4, 0.5) is 0 Å². The van der Waals surface area contributed by atoms with Crippen molar-refractivity contribution in [3.8, 4) is 34.1 Å². The zero-order valence-electron chi connectivity index (χ0n) is 12.1. The molecule has 0 atom stereocenters. The molecule has 0 amide bonds. The summed E-state index contributed by atoms with van der Waals surface area (Å²) in [5.74, 6) is 0.649. The third kappa shape index (κ3) is 2.21. The fourth-order valence-corrected chi connectivity index (χ4v) is 2.64. The first-order valence-electron chi connectivity index (χ1n) is 7.20. The average Bonchev–Trinajstić information content (AvgIpc) is 3.00. The Kier molecular flexibility index (Phi) is 3.01. The van der Waals surface area contributed by atoms with Gasteiger partial charge in [0.25, 0.3) is 0 Å². The Balaban J connectivity index is 1.96. The van der Waals surface area contributed by atoms with E-state index in [1.165, 1.54) is 0 Å². The lowest BCUT2D eigenvalue weighted by atomic mass is 10.0. The van der Waals surface area contributed by atoms with E-state index in [2.05, 4.69) is 4.98 Å². The first-order chi connectivity index (χ1) is 11.2. The van der Waals surface area contributed by atoms with Crippen LogP contribution in [0.2, 0.25) is 0 Å². The Bertz CT molecular complexity index is 1000. The highest BCUT2D eigenvalue weighted by Crippen LogP contribution is 2.37. The van der Waals surface area contributed by atoms with Gasteiger partial charge in [0, 0.05) is 11.1 Å². The molecule has 2 N–H and O–H groups in total. The zero-order valence-corrected chi connectivity index (χ0v) is 12.1. The van der Waals surface area contributed by atoms with Crippen molar-refractivity contribution in [3.63, 3.8) is 0 Å². The maximum Gasteiger partial charge on any atom is 0.231 e. The molecule has 3 aromatic carbocycles. The van der Waals surface area contributed by atoms with Gasteiger partial charge in [0.05, 0.1) is 5.56 Å². The van der Waals surface area contributed by atoms with Crippen LogP contribution in [0.5, 0.6) is 11.5 Å². The Hall–Kier alpha value is -3.27. The van der Waals surface area contributed by atoms with Crippen LogP contribution in [-0.2, 0) is 0 Å². The third-order valence-corrected chi connectivity index (χ3v) is 3.75. The molecule has 0 saturated heterocycles. The molecule has 0 aliphatic carbocycles. The van der Waals surface area contributed by atoms with E-state index in [1.54, 1.807) is 30.3 Å². The summed E-state index contributed by atoms with van der Waals surface area (Å²) in [6, 6.07) is 19.5. The second kappa shape index (κ2) is 5.18. The SMILES string of the molecule is Oc1ccccc1-c1nc2c(-c3ccccc3O)cccc2o1. The summed E-state index contributed by atoms with van der Waals surface area (Å²) in [5, 5.41) is 20.1. The van der Waals surface area contributed by atoms with Crippen LogP contribution in [0.3, 0.4) is 0 Å². The van der Waals surface area contributed by atoms with E-state index in [9.17, 15) is 10.2 Å². The lowest BCUT2D eigenvalue weighted by Crippen LogP contribution is -1.82. The molecule has 0 radical (unpaired) electrons. The number of aromatic nitrogens is 1. The number of rotatable bonds is 2. The molecule has 0 saturated carbocycles. The molecule has 112 valence electrons. The Morgan fingerprint density at radius 3 is 1.96 bits per heavy atom. The van der Waals surface area contributed by atoms with Gasteiger partial charge in [0.15, 0.2) is 5.58 Å². The second-order valence-corrected chi connectivity index (χ2v) is 5.21. The molecule has 4 rings (SSSR count). The minimum atomic E-state index is 0.114. The molecule has 0 bridgehead atoms. The van der Waals surface area contributed by atoms with Crippen molar-refractivity contribution < 1.29 is 14.6 Å². The van der Waals surface area contributed by atoms with Crippen LogP contribution in [0.15, 0.2) is 71.1 Å². The summed E-state index contributed by atoms with van der Waals surface area (Å²) in [7, 11) is 0. The standard InChI is InChI=1S/C19H13NO3/c21-15-9-3-1-6-12(15)13-8-5-11-17-18(13)20-19(23-17)14-7-2-4-10-16(14)22/h1-11,21-22H. The smallest absolute Gasteiger partial charge is 0.231 e. The number of nitrogens with zero attached hydrogens (tertiary/aromatic N) is 1. The van der Waals surface area contributed by atoms with Crippen LogP contribution in [0.25, 0.3) is 33.7 Å². The monoisotopic (exact) mass is 303 g/mol. The first kappa shape index (κ1) is 13.4. The summed E-state index contributed by atoms with van der Waals surface area (Å²) in [5.41, 5.74) is 3.25. The predicted molar refractivity (Wildman–Crippen MR) is 88.2 cm³/mol. The van der Waals surface area contributed by atoms with E-state index >= 15 is 0 Å². The fraction of sp³-hybridized carbons (Fsp3) is 0. The Morgan fingerprint density at radius 1 is 0.652 bits per heavy atom. The maximum absolute atomic E-state index is 10.1. The molecule has 0 unspecified atom stereocenters. The van der Waals surface area contributed by atoms with E-state index in [0.717, 1.165) is 5.56 Å². The lowest BCUT2D eigenvalue weighted by Gasteiger charge is -2.04. The molecular weight excluding hydrogens is 290 g/mol. The van der Waals surface area contributed by atoms with E-state index in [4.69, 9.17) is 4.42 Å². The van der Waals surface area contributed by atoms with Gasteiger partial charge in [0.2, 0.25) is 5.89 Å². The van der Waals surface area contributed by atoms with Gasteiger partial charge in [-0.1, -0.05) is 42.5 Å². The summed E-state index contributed by atoms with van der Waals surface area (Å²) in [6.07, 6.45) is 0. The van der Waals surface area contributed by atoms with E-state index < -0.39 is 0 Å². The fourth-order valence-electron chi connectivity index (χ4n) is 2.64. The summed E-state index contributed by atoms with van der Waals surface area (Å²) >= 11 is 0. The summed E-state index contributed by atoms with van der Waals surface area (Å²) in [4.78, 5) is 4.52. The molecule has 4 aromatic rings. The normalized spacial score (nSPS) is 11.0. The van der Waals surface area contributed by atoms with Gasteiger partial charge in [-0.15, -0.1) is 0 Å². The number of oxazole rings is 1. The lowest BCUT2D eigenvalue weighted by molar-refractivity contribution is 0.474. The van der Waals surface area contributed by atoms with Crippen LogP contribution >= 0.6 is 0 Å². The number of hydrogen-bond acceptors (Lipinski definition) is 4. The molecular formula is C19H13NO3. The highest BCUT2D eigenvalue weighted by Gasteiger charge is 2.16. The van der Waals surface area contributed by atoms with Crippen LogP contribution in [0.1, 0.15) is 0 Å². The van der Waals surface area contributed by atoms with Gasteiger partial charge >= 0.3 is 0 Å². The minimum Gasteiger partial charge on any atom is -0.507 e. The molecule has 0 aliphatic heterocycles. The van der Waals surface area contributed by atoms with Crippen molar-refractivity contribution in [2.45, 2.75) is 0 Å². The maximum atomic E-state index is 10.1. The van der Waals surface area contributed by atoms with E-state index in [-0.39, 0.29) is 11.5 Å². The molecule has 1 aromatic heterocycles. The highest BCUT2D eigenvalue weighted by atomic mass is 16.3. The second-order valence-electron chi connectivity index (χ2n) is 5.21. The zero-order chi connectivity index (χ0) is 15.8. The molecule has 0 fully saturated rings. The molecule has 0 spiro atoms. The summed E-state index contributed by atoms with van der Waals surface area (Å²) < 4.78 is 5.78. The van der Waals surface area contributed by atoms with Gasteiger partial charge in [-0.2, -0.15) is 0 Å². The number of benzene rings is 3. The number of phenols is 2. The number of para-hydroxylation sites is 3. The molecule has 0 aliphatic rings. The van der Waals surface area contributed by atoms with Gasteiger partial charge < -0.3 is 14.6 Å². The predicted octanol–water partition coefficient (Wildman–Crippen LogP) is 4.57. The topological polar surface area (TPSA) is 66.5 Å². The van der Waals surface area contributed by atoms with Crippen molar-refractivity contribution in [2.75, 3.05) is 0 Å². The molecule has 23 heavy (non-hydrogen) atoms. The van der Waals surface area contributed by atoms with Crippen molar-refractivity contribution >= 4 is 11.1 Å². The summed E-state index contributed by atoms with van der Waals surface area (Å²) in [6.45, 7) is 0. The number of aromatic hydroxyl groups is 2.